The van der Waals surface area contributed by atoms with Gasteiger partial charge in [-0.15, -0.1) is 0 Å². The molecule has 0 fully saturated rings. The summed E-state index contributed by atoms with van der Waals surface area (Å²) in [6, 6.07) is 11.2. The van der Waals surface area contributed by atoms with E-state index in [9.17, 15) is 22.8 Å². The molecule has 4 rings (SSSR count). The Bertz CT molecular complexity index is 1950. The van der Waals surface area contributed by atoms with E-state index in [0.717, 1.165) is 27.2 Å². The number of ether oxygens (including phenoxy) is 1. The number of primary sulfonamides is 1. The SMILES string of the molecule is CC(=O)[C@H](CCN)NC(=O)CSSCCOC(=O)N(c1ccc(C)c(S(N)(=O)=O)c1)c1nccc(N(C)c2ccc3c(C)n(C)nc3c2)n1. The van der Waals surface area contributed by atoms with E-state index in [4.69, 9.17) is 15.6 Å². The summed E-state index contributed by atoms with van der Waals surface area (Å²) in [7, 11) is 2.10. The van der Waals surface area contributed by atoms with E-state index in [2.05, 4.69) is 20.4 Å². The van der Waals surface area contributed by atoms with E-state index in [1.54, 1.807) is 19.1 Å². The van der Waals surface area contributed by atoms with Crippen molar-refractivity contribution in [2.45, 2.75) is 38.1 Å². The van der Waals surface area contributed by atoms with E-state index < -0.39 is 22.2 Å². The van der Waals surface area contributed by atoms with Crippen molar-refractivity contribution in [3.05, 3.63) is 59.9 Å². The van der Waals surface area contributed by atoms with Crippen molar-refractivity contribution in [2.75, 3.05) is 41.5 Å². The van der Waals surface area contributed by atoms with Crippen LogP contribution < -0.4 is 26.0 Å². The maximum Gasteiger partial charge on any atom is 0.421 e. The Balaban J connectivity index is 1.52. The van der Waals surface area contributed by atoms with E-state index in [-0.39, 0.29) is 47.1 Å². The molecule has 0 aliphatic heterocycles. The zero-order chi connectivity index (χ0) is 35.9. The summed E-state index contributed by atoms with van der Waals surface area (Å²) in [5, 5.41) is 13.7. The lowest BCUT2D eigenvalue weighted by molar-refractivity contribution is -0.125. The Hall–Kier alpha value is -4.23. The predicted octanol–water partition coefficient (Wildman–Crippen LogP) is 3.47. The van der Waals surface area contributed by atoms with Crippen LogP contribution in [0.25, 0.3) is 10.9 Å². The van der Waals surface area contributed by atoms with E-state index in [0.29, 0.717) is 23.6 Å². The van der Waals surface area contributed by atoms with Crippen LogP contribution in [0, 0.1) is 13.8 Å². The van der Waals surface area contributed by atoms with Crippen molar-refractivity contribution in [1.29, 1.82) is 0 Å². The van der Waals surface area contributed by atoms with Crippen LogP contribution in [0.15, 0.2) is 53.6 Å². The molecular formula is C31H39N9O6S3. The molecule has 2 aromatic carbocycles. The molecule has 2 heterocycles. The van der Waals surface area contributed by atoms with Crippen LogP contribution in [-0.4, -0.2) is 83.7 Å². The number of hydrogen-bond acceptors (Lipinski definition) is 13. The molecule has 5 N–H and O–H groups in total. The van der Waals surface area contributed by atoms with Gasteiger partial charge in [-0.1, -0.05) is 27.7 Å². The molecule has 0 spiro atoms. The number of hydrogen-bond donors (Lipinski definition) is 3. The third kappa shape index (κ3) is 9.48. The molecule has 1 atom stereocenters. The molecule has 0 bridgehead atoms. The number of nitrogens with zero attached hydrogens (tertiary/aromatic N) is 6. The van der Waals surface area contributed by atoms with E-state index in [1.807, 2.05) is 48.8 Å². The van der Waals surface area contributed by atoms with Gasteiger partial charge in [0.1, 0.15) is 12.4 Å². The number of fused-ring (bicyclic) bond motifs is 1. The number of amides is 2. The Morgan fingerprint density at radius 3 is 2.51 bits per heavy atom. The van der Waals surface area contributed by atoms with Crippen molar-refractivity contribution in [3.8, 4) is 0 Å². The fourth-order valence-electron chi connectivity index (χ4n) is 4.79. The number of ketones is 1. The van der Waals surface area contributed by atoms with Crippen molar-refractivity contribution >= 4 is 83.4 Å². The number of aryl methyl sites for hydroxylation is 3. The summed E-state index contributed by atoms with van der Waals surface area (Å²) in [4.78, 5) is 49.2. The molecule has 0 saturated carbocycles. The van der Waals surface area contributed by atoms with Gasteiger partial charge in [-0.25, -0.2) is 28.2 Å². The molecular weight excluding hydrogens is 691 g/mol. The fraction of sp³-hybridized carbons (Fsp3) is 0.355. The highest BCUT2D eigenvalue weighted by atomic mass is 33.1. The van der Waals surface area contributed by atoms with E-state index >= 15 is 0 Å². The molecule has 15 nitrogen and oxygen atoms in total. The molecule has 18 heteroatoms. The molecule has 2 aromatic heterocycles. The van der Waals surface area contributed by atoms with Crippen molar-refractivity contribution < 1.29 is 27.5 Å². The third-order valence-corrected chi connectivity index (χ3v) is 10.8. The molecule has 0 aliphatic carbocycles. The fourth-order valence-corrected chi connectivity index (χ4v) is 7.27. The van der Waals surface area contributed by atoms with Crippen LogP contribution >= 0.6 is 21.6 Å². The monoisotopic (exact) mass is 729 g/mol. The Morgan fingerprint density at radius 2 is 1.82 bits per heavy atom. The number of anilines is 4. The molecule has 0 saturated heterocycles. The number of carbonyl (C=O) groups is 3. The zero-order valence-electron chi connectivity index (χ0n) is 27.7. The van der Waals surface area contributed by atoms with Gasteiger partial charge in [0.15, 0.2) is 5.78 Å². The van der Waals surface area contributed by atoms with Gasteiger partial charge in [-0.2, -0.15) is 10.1 Å². The number of benzene rings is 2. The Kier molecular flexibility index (Phi) is 12.6. The smallest absolute Gasteiger partial charge is 0.421 e. The summed E-state index contributed by atoms with van der Waals surface area (Å²) in [6.45, 7) is 5.20. The highest BCUT2D eigenvalue weighted by molar-refractivity contribution is 8.76. The summed E-state index contributed by atoms with van der Waals surface area (Å²) in [6.07, 6.45) is 0.979. The van der Waals surface area contributed by atoms with Gasteiger partial charge in [-0.05, 0) is 75.7 Å². The molecule has 0 unspecified atom stereocenters. The van der Waals surface area contributed by atoms with Crippen LogP contribution in [0.2, 0.25) is 0 Å². The molecule has 262 valence electrons. The largest absolute Gasteiger partial charge is 0.448 e. The number of carbonyl (C=O) groups excluding carboxylic acids is 3. The summed E-state index contributed by atoms with van der Waals surface area (Å²) < 4.78 is 32.0. The summed E-state index contributed by atoms with van der Waals surface area (Å²) >= 11 is 0. The van der Waals surface area contributed by atoms with Crippen LogP contribution in [0.1, 0.15) is 24.6 Å². The number of Topliss-reactive ketones (excluding diaryl/α,β-unsaturated/α-hetero) is 1. The third-order valence-electron chi connectivity index (χ3n) is 7.54. The minimum atomic E-state index is -4.12. The first kappa shape index (κ1) is 37.6. The van der Waals surface area contributed by atoms with E-state index in [1.165, 1.54) is 46.8 Å². The lowest BCUT2D eigenvalue weighted by Gasteiger charge is -2.23. The van der Waals surface area contributed by atoms with Crippen LogP contribution in [0.5, 0.6) is 0 Å². The quantitative estimate of drug-likeness (QED) is 0.118. The Morgan fingerprint density at radius 1 is 1.08 bits per heavy atom. The van der Waals surface area contributed by atoms with Crippen LogP contribution in [0.4, 0.5) is 27.9 Å². The topological polar surface area (TPSA) is 209 Å². The highest BCUT2D eigenvalue weighted by Crippen LogP contribution is 2.31. The van der Waals surface area contributed by atoms with Crippen LogP contribution in [-0.2, 0) is 31.4 Å². The van der Waals surface area contributed by atoms with Crippen LogP contribution in [0.3, 0.4) is 0 Å². The lowest BCUT2D eigenvalue weighted by atomic mass is 10.1. The van der Waals surface area contributed by atoms with Gasteiger partial charge in [0.2, 0.25) is 21.9 Å². The second kappa shape index (κ2) is 16.4. The molecule has 4 aromatic rings. The van der Waals surface area contributed by atoms with Gasteiger partial charge in [0, 0.05) is 42.8 Å². The standard InChI is InChI=1S/C31H39N9O6S3/c1-19-6-7-23(17-27(19)49(33,44)45)40(31(43)46-14-15-47-48-18-29(42)35-25(10-12-32)21(3)41)30-34-13-11-28(36-30)38(4)22-8-9-24-20(2)39(5)37-26(24)16-22/h6-9,11,13,16-17,25H,10,12,14-15,18,32H2,1-5H3,(H,35,42)(H2,33,44,45)/t25-/m0/s1. The second-order valence-electron chi connectivity index (χ2n) is 11.0. The minimum absolute atomic E-state index is 0.0468. The average molecular weight is 730 g/mol. The number of nitrogens with two attached hydrogens (primary N) is 2. The maximum atomic E-state index is 13.6. The van der Waals surface area contributed by atoms with Gasteiger partial charge in [0.05, 0.1) is 27.9 Å². The lowest BCUT2D eigenvalue weighted by Crippen LogP contribution is -2.41. The molecule has 0 aliphatic rings. The molecule has 0 radical (unpaired) electrons. The van der Waals surface area contributed by atoms with Gasteiger partial charge >= 0.3 is 6.09 Å². The highest BCUT2D eigenvalue weighted by Gasteiger charge is 2.26. The average Bonchev–Trinajstić information content (AvgIpc) is 3.34. The first-order valence-electron chi connectivity index (χ1n) is 15.1. The number of aromatic nitrogens is 4. The minimum Gasteiger partial charge on any atom is -0.448 e. The summed E-state index contributed by atoms with van der Waals surface area (Å²) in [5.41, 5.74) is 8.66. The van der Waals surface area contributed by atoms with Gasteiger partial charge in [0.25, 0.3) is 0 Å². The second-order valence-corrected chi connectivity index (χ2v) is 15.1. The first-order valence-corrected chi connectivity index (χ1v) is 19.1. The molecule has 49 heavy (non-hydrogen) atoms. The zero-order valence-corrected chi connectivity index (χ0v) is 30.2. The van der Waals surface area contributed by atoms with Gasteiger partial charge in [-0.3, -0.25) is 14.3 Å². The maximum absolute atomic E-state index is 13.6. The molecule has 2 amide bonds. The summed E-state index contributed by atoms with van der Waals surface area (Å²) in [5.74, 6) is 0.310. The Labute approximate surface area is 292 Å². The normalized spacial score (nSPS) is 12.1. The predicted molar refractivity (Wildman–Crippen MR) is 193 cm³/mol. The van der Waals surface area contributed by atoms with Crippen molar-refractivity contribution in [3.63, 3.8) is 0 Å². The number of rotatable bonds is 15. The number of sulfonamides is 1. The van der Waals surface area contributed by atoms with Crippen molar-refractivity contribution in [2.24, 2.45) is 17.9 Å². The van der Waals surface area contributed by atoms with Crippen molar-refractivity contribution in [1.82, 2.24) is 25.1 Å². The first-order chi connectivity index (χ1) is 23.2. The van der Waals surface area contributed by atoms with Gasteiger partial charge < -0.3 is 20.7 Å². The number of nitrogens with one attached hydrogen (secondary N) is 1.